The number of amides is 1. The lowest BCUT2D eigenvalue weighted by molar-refractivity contribution is -0.122. The molecule has 0 aromatic heterocycles. The van der Waals surface area contributed by atoms with Gasteiger partial charge in [0, 0.05) is 16.3 Å². The topological polar surface area (TPSA) is 101 Å². The van der Waals surface area contributed by atoms with Crippen LogP contribution in [0, 0.1) is 0 Å². The first-order chi connectivity index (χ1) is 13.7. The highest BCUT2D eigenvalue weighted by molar-refractivity contribution is 7.92. The Morgan fingerprint density at radius 2 is 1.43 bits per heavy atom. The van der Waals surface area contributed by atoms with Crippen LogP contribution in [-0.4, -0.2) is 41.3 Å². The van der Waals surface area contributed by atoms with E-state index in [0.717, 1.165) is 16.8 Å². The van der Waals surface area contributed by atoms with Crippen molar-refractivity contribution in [3.63, 3.8) is 0 Å². The summed E-state index contributed by atoms with van der Waals surface area (Å²) in [7, 11) is -7.16. The molecule has 2 atom stereocenters. The van der Waals surface area contributed by atoms with Crippen molar-refractivity contribution < 1.29 is 21.6 Å². The summed E-state index contributed by atoms with van der Waals surface area (Å²) in [5.74, 6) is -0.545. The summed E-state index contributed by atoms with van der Waals surface area (Å²) in [5, 5.41) is 3.21. The number of carbonyl (C=O) groups is 1. The van der Waals surface area contributed by atoms with E-state index in [9.17, 15) is 21.6 Å². The molecule has 0 aliphatic rings. The largest absolute Gasteiger partial charge is 0.348 e. The number of halogens is 2. The molecule has 2 rings (SSSR count). The van der Waals surface area contributed by atoms with Crippen LogP contribution in [-0.2, 0) is 24.7 Å². The van der Waals surface area contributed by atoms with Crippen LogP contribution in [0.2, 0.25) is 10.0 Å². The zero-order valence-electron chi connectivity index (χ0n) is 16.8. The second-order valence-corrected chi connectivity index (χ2v) is 11.7. The molecule has 2 aromatic carbocycles. The zero-order valence-corrected chi connectivity index (χ0v) is 19.9. The van der Waals surface area contributed by atoms with Crippen LogP contribution in [0.4, 0.5) is 5.69 Å². The van der Waals surface area contributed by atoms with Gasteiger partial charge in [-0.1, -0.05) is 35.3 Å². The smallest absolute Gasteiger partial charge is 0.244 e. The monoisotopic (exact) mass is 492 g/mol. The Hall–Kier alpha value is -1.81. The maximum absolute atomic E-state index is 12.8. The van der Waals surface area contributed by atoms with Crippen LogP contribution in [0.25, 0.3) is 0 Å². The number of sulfone groups is 1. The fourth-order valence-electron chi connectivity index (χ4n) is 2.90. The number of benzene rings is 2. The van der Waals surface area contributed by atoms with Crippen LogP contribution < -0.4 is 9.62 Å². The Bertz CT molecular complexity index is 1130. The van der Waals surface area contributed by atoms with Crippen molar-refractivity contribution in [2.45, 2.75) is 30.8 Å². The Labute approximate surface area is 187 Å². The molecule has 0 spiro atoms. The van der Waals surface area contributed by atoms with E-state index >= 15 is 0 Å². The summed E-state index contributed by atoms with van der Waals surface area (Å²) >= 11 is 12.0. The van der Waals surface area contributed by atoms with Gasteiger partial charge in [0.2, 0.25) is 15.9 Å². The SMILES string of the molecule is CC(NC(=O)C(C)N(c1cc(Cl)cc(Cl)c1)S(C)(=O)=O)c1ccc(S(C)(=O)=O)cc1. The molecule has 0 radical (unpaired) electrons. The van der Waals surface area contributed by atoms with Gasteiger partial charge in [-0.05, 0) is 49.7 Å². The number of rotatable bonds is 7. The molecule has 1 amide bonds. The minimum atomic E-state index is -3.83. The highest BCUT2D eigenvalue weighted by Gasteiger charge is 2.30. The fourth-order valence-corrected chi connectivity index (χ4v) is 5.20. The quantitative estimate of drug-likeness (QED) is 0.637. The molecule has 2 aromatic rings. The van der Waals surface area contributed by atoms with Crippen LogP contribution in [0.3, 0.4) is 0 Å². The van der Waals surface area contributed by atoms with E-state index < -0.39 is 37.9 Å². The van der Waals surface area contributed by atoms with Gasteiger partial charge in [-0.3, -0.25) is 9.10 Å². The summed E-state index contributed by atoms with van der Waals surface area (Å²) in [6.07, 6.45) is 2.09. The third-order valence-electron chi connectivity index (χ3n) is 4.36. The Balaban J connectivity index is 2.27. The minimum absolute atomic E-state index is 0.166. The average Bonchev–Trinajstić information content (AvgIpc) is 2.59. The standard InChI is InChI=1S/C19H22Cl2N2O5S2/c1-12(14-5-7-18(8-6-14)29(3,25)26)22-19(24)13(2)23(30(4,27)28)17-10-15(20)9-16(21)11-17/h5-13H,1-4H3,(H,22,24). The van der Waals surface area contributed by atoms with E-state index in [1.165, 1.54) is 37.3 Å². The van der Waals surface area contributed by atoms with Gasteiger partial charge in [0.15, 0.2) is 9.84 Å². The van der Waals surface area contributed by atoms with Crippen LogP contribution >= 0.6 is 23.2 Å². The third-order valence-corrected chi connectivity index (χ3v) is 7.16. The Morgan fingerprint density at radius 1 is 0.933 bits per heavy atom. The molecule has 0 saturated carbocycles. The fraction of sp³-hybridized carbons (Fsp3) is 0.316. The number of anilines is 1. The maximum atomic E-state index is 12.8. The summed E-state index contributed by atoms with van der Waals surface area (Å²) in [4.78, 5) is 13.0. The van der Waals surface area contributed by atoms with Gasteiger partial charge in [0.05, 0.1) is 22.9 Å². The lowest BCUT2D eigenvalue weighted by Gasteiger charge is -2.29. The predicted octanol–water partition coefficient (Wildman–Crippen LogP) is 3.43. The van der Waals surface area contributed by atoms with E-state index in [2.05, 4.69) is 5.32 Å². The number of carbonyl (C=O) groups excluding carboxylic acids is 1. The summed E-state index contributed by atoms with van der Waals surface area (Å²) < 4.78 is 48.9. The van der Waals surface area contributed by atoms with Crippen LogP contribution in [0.5, 0.6) is 0 Å². The molecular formula is C19H22Cl2N2O5S2. The summed E-state index contributed by atoms with van der Waals surface area (Å²) in [6.45, 7) is 3.16. The highest BCUT2D eigenvalue weighted by Crippen LogP contribution is 2.29. The van der Waals surface area contributed by atoms with E-state index in [4.69, 9.17) is 23.2 Å². The van der Waals surface area contributed by atoms with E-state index in [-0.39, 0.29) is 20.6 Å². The average molecular weight is 493 g/mol. The predicted molar refractivity (Wildman–Crippen MR) is 119 cm³/mol. The second kappa shape index (κ2) is 9.13. The van der Waals surface area contributed by atoms with Crippen molar-refractivity contribution in [3.8, 4) is 0 Å². The minimum Gasteiger partial charge on any atom is -0.348 e. The molecule has 0 aliphatic heterocycles. The lowest BCUT2D eigenvalue weighted by atomic mass is 10.1. The molecule has 11 heteroatoms. The van der Waals surface area contributed by atoms with Crippen molar-refractivity contribution in [1.29, 1.82) is 0 Å². The molecule has 0 bridgehead atoms. The van der Waals surface area contributed by atoms with Crippen molar-refractivity contribution >= 4 is 54.7 Å². The summed E-state index contributed by atoms with van der Waals surface area (Å²) in [5.41, 5.74) is 0.836. The molecule has 30 heavy (non-hydrogen) atoms. The zero-order chi connectivity index (χ0) is 22.9. The maximum Gasteiger partial charge on any atom is 0.244 e. The van der Waals surface area contributed by atoms with Gasteiger partial charge in [-0.25, -0.2) is 16.8 Å². The summed E-state index contributed by atoms with van der Waals surface area (Å²) in [6, 6.07) is 8.79. The van der Waals surface area contributed by atoms with Gasteiger partial charge < -0.3 is 5.32 Å². The molecule has 7 nitrogen and oxygen atoms in total. The number of hydrogen-bond acceptors (Lipinski definition) is 5. The molecule has 0 aliphatic carbocycles. The van der Waals surface area contributed by atoms with Gasteiger partial charge >= 0.3 is 0 Å². The molecule has 0 saturated heterocycles. The number of nitrogens with one attached hydrogen (secondary N) is 1. The normalized spacial score (nSPS) is 14.1. The van der Waals surface area contributed by atoms with Crippen molar-refractivity contribution in [3.05, 3.63) is 58.1 Å². The van der Waals surface area contributed by atoms with Gasteiger partial charge in [-0.15, -0.1) is 0 Å². The first-order valence-electron chi connectivity index (χ1n) is 8.76. The van der Waals surface area contributed by atoms with Crippen molar-refractivity contribution in [2.75, 3.05) is 16.8 Å². The highest BCUT2D eigenvalue weighted by atomic mass is 35.5. The molecule has 0 heterocycles. The molecule has 0 fully saturated rings. The van der Waals surface area contributed by atoms with Crippen LogP contribution in [0.1, 0.15) is 25.5 Å². The number of sulfonamides is 1. The van der Waals surface area contributed by atoms with Gasteiger partial charge in [-0.2, -0.15) is 0 Å². The molecule has 1 N–H and O–H groups in total. The number of hydrogen-bond donors (Lipinski definition) is 1. The van der Waals surface area contributed by atoms with Gasteiger partial charge in [0.25, 0.3) is 0 Å². The first-order valence-corrected chi connectivity index (χ1v) is 13.3. The first kappa shape index (κ1) is 24.5. The van der Waals surface area contributed by atoms with Crippen molar-refractivity contribution in [2.24, 2.45) is 0 Å². The van der Waals surface area contributed by atoms with E-state index in [1.807, 2.05) is 0 Å². The second-order valence-electron chi connectivity index (χ2n) is 6.93. The molecular weight excluding hydrogens is 471 g/mol. The molecule has 2 unspecified atom stereocenters. The van der Waals surface area contributed by atoms with E-state index in [0.29, 0.717) is 5.56 Å². The van der Waals surface area contributed by atoms with E-state index in [1.54, 1.807) is 19.1 Å². The number of nitrogens with zero attached hydrogens (tertiary/aromatic N) is 1. The van der Waals surface area contributed by atoms with Crippen LogP contribution in [0.15, 0.2) is 47.4 Å². The van der Waals surface area contributed by atoms with Gasteiger partial charge in [0.1, 0.15) is 6.04 Å². The third kappa shape index (κ3) is 6.10. The molecule has 164 valence electrons. The lowest BCUT2D eigenvalue weighted by Crippen LogP contribution is -2.48. The Kier molecular flexibility index (Phi) is 7.45. The van der Waals surface area contributed by atoms with Crippen molar-refractivity contribution in [1.82, 2.24) is 5.32 Å². The Morgan fingerprint density at radius 3 is 1.87 bits per heavy atom.